The number of phenols is 4. The SMILES string of the molecule is Oc1c(Br)cc2c(c1-c1c(O)c(Br)cc3c1CCCC3)CCCC2.Oc1c(Br)cc2c(c1-c1c(O)c(Br)cc3c1CCCC3)CCCC2. The Morgan fingerprint density at radius 2 is 0.500 bits per heavy atom. The van der Waals surface area contributed by atoms with Crippen molar-refractivity contribution in [3.8, 4) is 45.3 Å². The number of hydrogen-bond acceptors (Lipinski definition) is 4. The van der Waals surface area contributed by atoms with Crippen LogP contribution in [0.25, 0.3) is 22.3 Å². The molecule has 0 spiro atoms. The molecule has 0 bridgehead atoms. The van der Waals surface area contributed by atoms with Crippen LogP contribution in [0, 0.1) is 0 Å². The Morgan fingerprint density at radius 1 is 0.312 bits per heavy atom. The molecule has 0 saturated carbocycles. The lowest BCUT2D eigenvalue weighted by Crippen LogP contribution is -2.09. The Balaban J connectivity index is 0.000000152. The average Bonchev–Trinajstić information content (AvgIpc) is 3.09. The second-order valence-electron chi connectivity index (χ2n) is 13.7. The van der Waals surface area contributed by atoms with Crippen molar-refractivity contribution in [2.45, 2.75) is 103 Å². The number of aromatic hydroxyl groups is 4. The van der Waals surface area contributed by atoms with Gasteiger partial charge in [0.25, 0.3) is 0 Å². The van der Waals surface area contributed by atoms with Crippen LogP contribution in [-0.2, 0) is 51.4 Å². The molecule has 4 N–H and O–H groups in total. The number of hydrogen-bond donors (Lipinski definition) is 4. The summed E-state index contributed by atoms with van der Waals surface area (Å²) in [4.78, 5) is 0. The maximum absolute atomic E-state index is 10.9. The van der Waals surface area contributed by atoms with Crippen LogP contribution in [0.1, 0.15) is 95.9 Å². The molecule has 0 heterocycles. The van der Waals surface area contributed by atoms with Gasteiger partial charge in [-0.2, -0.15) is 0 Å². The van der Waals surface area contributed by atoms with Crippen molar-refractivity contribution in [1.82, 2.24) is 0 Å². The monoisotopic (exact) mass is 900 g/mol. The number of benzene rings is 4. The molecule has 4 aromatic rings. The smallest absolute Gasteiger partial charge is 0.138 e. The van der Waals surface area contributed by atoms with Crippen LogP contribution in [-0.4, -0.2) is 20.4 Å². The van der Waals surface area contributed by atoms with Crippen molar-refractivity contribution in [1.29, 1.82) is 0 Å². The van der Waals surface area contributed by atoms with Crippen LogP contribution in [0.4, 0.5) is 0 Å². The minimum Gasteiger partial charge on any atom is -0.506 e. The Bertz CT molecular complexity index is 1650. The normalized spacial score (nSPS) is 16.6. The topological polar surface area (TPSA) is 80.9 Å². The molecule has 0 radical (unpaired) electrons. The summed E-state index contributed by atoms with van der Waals surface area (Å²) in [5.74, 6) is 1.04. The van der Waals surface area contributed by atoms with E-state index in [1.54, 1.807) is 0 Å². The van der Waals surface area contributed by atoms with Gasteiger partial charge in [0, 0.05) is 22.3 Å². The van der Waals surface area contributed by atoms with Crippen LogP contribution in [0.2, 0.25) is 0 Å². The predicted octanol–water partition coefficient (Wildman–Crippen LogP) is 12.1. The maximum Gasteiger partial charge on any atom is 0.138 e. The molecule has 0 atom stereocenters. The fourth-order valence-corrected chi connectivity index (χ4v) is 10.4. The zero-order valence-corrected chi connectivity index (χ0v) is 33.3. The first kappa shape index (κ1) is 34.4. The van der Waals surface area contributed by atoms with Crippen molar-refractivity contribution in [2.75, 3.05) is 0 Å². The van der Waals surface area contributed by atoms with E-state index in [1.165, 1.54) is 70.2 Å². The Morgan fingerprint density at radius 3 is 0.708 bits per heavy atom. The van der Waals surface area contributed by atoms with Gasteiger partial charge in [-0.1, -0.05) is 0 Å². The molecular weight excluding hydrogens is 864 g/mol. The molecule has 0 aliphatic heterocycles. The number of rotatable bonds is 2. The summed E-state index contributed by atoms with van der Waals surface area (Å²) in [6, 6.07) is 8.20. The van der Waals surface area contributed by atoms with Gasteiger partial charge in [-0.05, 0) is 235 Å². The highest BCUT2D eigenvalue weighted by Gasteiger charge is 2.29. The van der Waals surface area contributed by atoms with E-state index < -0.39 is 0 Å². The molecule has 4 aromatic carbocycles. The first-order valence-corrected chi connectivity index (χ1v) is 20.5. The fourth-order valence-electron chi connectivity index (χ4n) is 8.51. The van der Waals surface area contributed by atoms with Gasteiger partial charge in [-0.25, -0.2) is 0 Å². The molecule has 48 heavy (non-hydrogen) atoms. The Labute approximate surface area is 316 Å². The summed E-state index contributed by atoms with van der Waals surface area (Å²) >= 11 is 14.1. The predicted molar refractivity (Wildman–Crippen MR) is 208 cm³/mol. The molecule has 0 saturated heterocycles. The Kier molecular flexibility index (Phi) is 10.3. The van der Waals surface area contributed by atoms with Gasteiger partial charge in [-0.15, -0.1) is 0 Å². The van der Waals surface area contributed by atoms with Gasteiger partial charge in [0.1, 0.15) is 23.0 Å². The molecular formula is C40H40Br4O4. The summed E-state index contributed by atoms with van der Waals surface area (Å²) in [6.07, 6.45) is 17.3. The highest BCUT2D eigenvalue weighted by Crippen LogP contribution is 2.52. The summed E-state index contributed by atoms with van der Waals surface area (Å²) in [5.41, 5.74) is 13.4. The first-order valence-electron chi connectivity index (χ1n) is 17.3. The van der Waals surface area contributed by atoms with Crippen molar-refractivity contribution in [3.63, 3.8) is 0 Å². The molecule has 8 heteroatoms. The van der Waals surface area contributed by atoms with Crippen LogP contribution < -0.4 is 0 Å². The average molecular weight is 904 g/mol. The molecule has 0 amide bonds. The molecule has 252 valence electrons. The summed E-state index contributed by atoms with van der Waals surface area (Å²) in [7, 11) is 0. The molecule has 4 aliphatic rings. The van der Waals surface area contributed by atoms with Crippen molar-refractivity contribution < 1.29 is 20.4 Å². The van der Waals surface area contributed by atoms with Crippen LogP contribution in [0.15, 0.2) is 42.2 Å². The zero-order chi connectivity index (χ0) is 33.7. The van der Waals surface area contributed by atoms with Gasteiger partial charge in [0.15, 0.2) is 0 Å². The lowest BCUT2D eigenvalue weighted by Gasteiger charge is -2.26. The number of phenolic OH excluding ortho intramolecular Hbond substituents is 4. The molecule has 4 nitrogen and oxygen atoms in total. The van der Waals surface area contributed by atoms with E-state index in [9.17, 15) is 20.4 Å². The van der Waals surface area contributed by atoms with Crippen LogP contribution in [0.3, 0.4) is 0 Å². The van der Waals surface area contributed by atoms with Gasteiger partial charge in [-0.3, -0.25) is 0 Å². The summed E-state index contributed by atoms with van der Waals surface area (Å²) < 4.78 is 2.90. The van der Waals surface area contributed by atoms with Gasteiger partial charge in [0.2, 0.25) is 0 Å². The van der Waals surface area contributed by atoms with E-state index >= 15 is 0 Å². The summed E-state index contributed by atoms with van der Waals surface area (Å²) in [6.45, 7) is 0. The lowest BCUT2D eigenvalue weighted by molar-refractivity contribution is 0.462. The van der Waals surface area contributed by atoms with Crippen LogP contribution >= 0.6 is 63.7 Å². The standard InChI is InChI=1S/2C20H20Br2O2/c2*21-15-9-11-5-1-3-7-13(11)17(19(15)23)18-14-8-4-2-6-12(14)10-16(22)20(18)24/h2*9-10,23-24H,1-8H2. The molecule has 4 aliphatic carbocycles. The van der Waals surface area contributed by atoms with Gasteiger partial charge >= 0.3 is 0 Å². The Hall–Kier alpha value is -2.00. The van der Waals surface area contributed by atoms with E-state index in [0.29, 0.717) is 0 Å². The fraction of sp³-hybridized carbons (Fsp3) is 0.400. The largest absolute Gasteiger partial charge is 0.506 e. The second-order valence-corrected chi connectivity index (χ2v) is 17.1. The van der Waals surface area contributed by atoms with Gasteiger partial charge in [0.05, 0.1) is 17.9 Å². The van der Waals surface area contributed by atoms with E-state index in [1.807, 2.05) is 0 Å². The number of fused-ring (bicyclic) bond motifs is 4. The summed E-state index contributed by atoms with van der Waals surface area (Å²) in [5, 5.41) is 43.4. The highest BCUT2D eigenvalue weighted by molar-refractivity contribution is 9.11. The maximum atomic E-state index is 10.9. The van der Waals surface area contributed by atoms with Crippen molar-refractivity contribution in [3.05, 3.63) is 86.7 Å². The third-order valence-corrected chi connectivity index (χ3v) is 13.2. The van der Waals surface area contributed by atoms with E-state index in [0.717, 1.165) is 117 Å². The third-order valence-electron chi connectivity index (χ3n) is 10.8. The molecule has 8 rings (SSSR count). The highest BCUT2D eigenvalue weighted by atomic mass is 79.9. The number of aryl methyl sites for hydroxylation is 4. The lowest BCUT2D eigenvalue weighted by atomic mass is 9.80. The molecule has 0 aromatic heterocycles. The second kappa shape index (κ2) is 14.3. The van der Waals surface area contributed by atoms with E-state index in [2.05, 4.69) is 88.0 Å². The number of halogens is 4. The van der Waals surface area contributed by atoms with Gasteiger partial charge < -0.3 is 20.4 Å². The van der Waals surface area contributed by atoms with E-state index in [-0.39, 0.29) is 23.0 Å². The minimum atomic E-state index is 0.261. The van der Waals surface area contributed by atoms with Crippen LogP contribution in [0.5, 0.6) is 23.0 Å². The third kappa shape index (κ3) is 6.26. The van der Waals surface area contributed by atoms with Crippen molar-refractivity contribution in [2.24, 2.45) is 0 Å². The van der Waals surface area contributed by atoms with Crippen molar-refractivity contribution >= 4 is 63.7 Å². The first-order chi connectivity index (χ1) is 23.2. The minimum absolute atomic E-state index is 0.261. The van der Waals surface area contributed by atoms with E-state index in [4.69, 9.17) is 0 Å². The quantitative estimate of drug-likeness (QED) is 0.162. The molecule has 0 unspecified atom stereocenters. The zero-order valence-electron chi connectivity index (χ0n) is 26.9. The molecule has 0 fully saturated rings.